The first kappa shape index (κ1) is 31.2. The predicted octanol–water partition coefficient (Wildman–Crippen LogP) is -1.79. The van der Waals surface area contributed by atoms with E-state index in [1.165, 1.54) is 11.3 Å². The molecule has 0 saturated heterocycles. The molecule has 1 aromatic rings. The molecule has 1 heterocycles. The molecule has 10 nitrogen and oxygen atoms in total. The number of aliphatic hydroxyl groups excluding tert-OH is 6. The van der Waals surface area contributed by atoms with E-state index in [-0.39, 0.29) is 44.7 Å². The average Bonchev–Trinajstić information content (AvgIpc) is 3.45. The minimum atomic E-state index is -1.05. The molecule has 1 aliphatic carbocycles. The fourth-order valence-corrected chi connectivity index (χ4v) is 3.99. The van der Waals surface area contributed by atoms with Crippen molar-refractivity contribution in [2.24, 2.45) is 11.8 Å². The number of aliphatic hydroxyl groups is 6. The summed E-state index contributed by atoms with van der Waals surface area (Å²) in [5.41, 5.74) is 2.42. The maximum atomic E-state index is 10.4. The lowest BCUT2D eigenvalue weighted by Crippen LogP contribution is -2.78. The van der Waals surface area contributed by atoms with Gasteiger partial charge in [-0.25, -0.2) is 0 Å². The molecule has 1 aliphatic rings. The Kier molecular flexibility index (Phi) is 15.0. The van der Waals surface area contributed by atoms with E-state index in [1.54, 1.807) is 12.2 Å². The number of aliphatic carboxylic acids is 1. The molecule has 0 aromatic carbocycles. The van der Waals surface area contributed by atoms with Crippen molar-refractivity contribution >= 4 is 17.3 Å². The van der Waals surface area contributed by atoms with Gasteiger partial charge in [-0.05, 0) is 43.0 Å². The van der Waals surface area contributed by atoms with Gasteiger partial charge in [0, 0.05) is 23.7 Å². The molecular weight excluding hydrogens is 478 g/mol. The minimum absolute atomic E-state index is 0.0335. The second-order valence-corrected chi connectivity index (χ2v) is 9.56. The van der Waals surface area contributed by atoms with Crippen molar-refractivity contribution < 1.29 is 51.0 Å². The fourth-order valence-electron chi connectivity index (χ4n) is 3.42. The summed E-state index contributed by atoms with van der Waals surface area (Å²) in [5, 5.41) is 69.8. The average molecular weight is 518 g/mol. The lowest BCUT2D eigenvalue weighted by molar-refractivity contribution is -0.494. The molecule has 0 bridgehead atoms. The maximum Gasteiger partial charge on any atom is 0.164 e. The van der Waals surface area contributed by atoms with Gasteiger partial charge in [-0.3, -0.25) is 0 Å². The molecule has 0 radical (unpaired) electrons. The number of hydrogen-bond acceptors (Lipinski definition) is 10. The number of unbranched alkanes of at least 4 members (excludes halogenated alkanes) is 1. The zero-order valence-electron chi connectivity index (χ0n) is 19.8. The van der Waals surface area contributed by atoms with Crippen molar-refractivity contribution in [1.29, 1.82) is 0 Å². The summed E-state index contributed by atoms with van der Waals surface area (Å²) < 4.78 is 5.46. The number of allylic oxidation sites excluding steroid dienone is 2. The third-order valence-electron chi connectivity index (χ3n) is 5.72. The van der Waals surface area contributed by atoms with Crippen LogP contribution >= 0.6 is 11.3 Å². The Morgan fingerprint density at radius 3 is 2.46 bits per heavy atom. The highest BCUT2D eigenvalue weighted by atomic mass is 32.1. The van der Waals surface area contributed by atoms with Crippen molar-refractivity contribution in [2.75, 3.05) is 26.4 Å². The van der Waals surface area contributed by atoms with Crippen LogP contribution in [0, 0.1) is 11.8 Å². The van der Waals surface area contributed by atoms with E-state index >= 15 is 0 Å². The highest BCUT2D eigenvalue weighted by Gasteiger charge is 2.39. The van der Waals surface area contributed by atoms with E-state index in [0.29, 0.717) is 31.4 Å². The number of carboxylic acid groups (broad SMARTS) is 1. The molecule has 9 N–H and O–H groups in total. The van der Waals surface area contributed by atoms with Gasteiger partial charge in [0.2, 0.25) is 0 Å². The van der Waals surface area contributed by atoms with Crippen LogP contribution in [0.1, 0.15) is 32.1 Å². The minimum Gasteiger partial charge on any atom is -0.550 e. The normalized spacial score (nSPS) is 23.4. The summed E-state index contributed by atoms with van der Waals surface area (Å²) >= 11 is 1.52. The molecule has 1 saturated carbocycles. The zero-order chi connectivity index (χ0) is 26.3. The number of carbonyl (C=O) groups is 1. The Morgan fingerprint density at radius 1 is 1.23 bits per heavy atom. The molecule has 1 aromatic heterocycles. The van der Waals surface area contributed by atoms with Crippen LogP contribution < -0.4 is 15.6 Å². The smallest absolute Gasteiger partial charge is 0.164 e. The Bertz CT molecular complexity index is 744. The fraction of sp³-hybridized carbons (Fsp3) is 0.625. The molecule has 0 aliphatic heterocycles. The molecule has 0 amide bonds. The topological polar surface area (TPSA) is 198 Å². The van der Waals surface area contributed by atoms with Crippen LogP contribution in [-0.4, -0.2) is 86.9 Å². The molecule has 2 rings (SSSR count). The molecule has 35 heavy (non-hydrogen) atoms. The number of thiophene rings is 1. The van der Waals surface area contributed by atoms with Crippen LogP contribution in [-0.2, 0) is 4.79 Å². The summed E-state index contributed by atoms with van der Waals surface area (Å²) in [4.78, 5) is 10.4. The number of carboxylic acids is 1. The van der Waals surface area contributed by atoms with Gasteiger partial charge < -0.3 is 51.0 Å². The number of quaternary nitrogens is 1. The van der Waals surface area contributed by atoms with Crippen molar-refractivity contribution in [2.45, 2.75) is 56.0 Å². The van der Waals surface area contributed by atoms with E-state index < -0.39 is 29.8 Å². The quantitative estimate of drug-likeness (QED) is 0.110. The first-order valence-electron chi connectivity index (χ1n) is 11.6. The molecule has 1 fully saturated rings. The second kappa shape index (κ2) is 16.8. The Hall–Kier alpha value is -1.83. The summed E-state index contributed by atoms with van der Waals surface area (Å²) in [5.74, 6) is -0.725. The highest BCUT2D eigenvalue weighted by Crippen LogP contribution is 2.36. The molecule has 200 valence electrons. The molecule has 0 spiro atoms. The van der Waals surface area contributed by atoms with E-state index in [2.05, 4.69) is 5.73 Å². The van der Waals surface area contributed by atoms with Crippen molar-refractivity contribution in [1.82, 2.24) is 0 Å². The summed E-state index contributed by atoms with van der Waals surface area (Å²) in [6.45, 7) is -0.748. The van der Waals surface area contributed by atoms with Crippen LogP contribution in [0.4, 0.5) is 0 Å². The Morgan fingerprint density at radius 2 is 1.91 bits per heavy atom. The van der Waals surface area contributed by atoms with Crippen molar-refractivity contribution in [3.05, 3.63) is 41.1 Å². The van der Waals surface area contributed by atoms with E-state index in [4.69, 9.17) is 20.1 Å². The SMILES string of the molecule is O=C([O-])CCC/C=C/CC1C(O)CC(O)C1/C=C/C(O)COc1ccsc1.[NH3+]C(CO)(CO)CO. The van der Waals surface area contributed by atoms with Crippen LogP contribution in [0.25, 0.3) is 0 Å². The van der Waals surface area contributed by atoms with Gasteiger partial charge in [-0.15, -0.1) is 11.3 Å². The van der Waals surface area contributed by atoms with Crippen LogP contribution in [0.15, 0.2) is 41.1 Å². The van der Waals surface area contributed by atoms with Gasteiger partial charge in [0.15, 0.2) is 5.54 Å². The first-order chi connectivity index (χ1) is 16.7. The lowest BCUT2D eigenvalue weighted by atomic mass is 9.89. The van der Waals surface area contributed by atoms with E-state index in [0.717, 1.165) is 0 Å². The van der Waals surface area contributed by atoms with Gasteiger partial charge in [0.1, 0.15) is 38.3 Å². The lowest BCUT2D eigenvalue weighted by Gasteiger charge is -2.19. The molecule has 5 unspecified atom stereocenters. The van der Waals surface area contributed by atoms with Crippen LogP contribution in [0.2, 0.25) is 0 Å². The zero-order valence-corrected chi connectivity index (χ0v) is 20.6. The standard InChI is InChI=1S/C20H28O6S.C4H11NO3/c21-14(12-26-15-9-10-27-13-15)7-8-17-16(18(22)11-19(17)23)5-3-1-2-4-6-20(24)25;5-4(1-6,2-7)3-8/h1,3,7-10,13-14,16-19,21-23H,2,4-6,11-12H2,(H,24,25);6-8H,1-3,5H2/b3-1+,8-7+;. The monoisotopic (exact) mass is 517 g/mol. The summed E-state index contributed by atoms with van der Waals surface area (Å²) in [6, 6.07) is 1.83. The van der Waals surface area contributed by atoms with Gasteiger partial charge >= 0.3 is 0 Å². The van der Waals surface area contributed by atoms with Crippen LogP contribution in [0.5, 0.6) is 5.75 Å². The van der Waals surface area contributed by atoms with Crippen LogP contribution in [0.3, 0.4) is 0 Å². The number of carbonyl (C=O) groups excluding carboxylic acids is 1. The third-order valence-corrected chi connectivity index (χ3v) is 6.38. The van der Waals surface area contributed by atoms with Gasteiger partial charge in [0.05, 0.1) is 12.2 Å². The van der Waals surface area contributed by atoms with Gasteiger partial charge in [0.25, 0.3) is 0 Å². The molecule has 5 atom stereocenters. The molecular formula is C24H39NO9S. The highest BCUT2D eigenvalue weighted by molar-refractivity contribution is 7.08. The third kappa shape index (κ3) is 12.1. The van der Waals surface area contributed by atoms with E-state index in [1.807, 2.05) is 29.0 Å². The predicted molar refractivity (Wildman–Crippen MR) is 128 cm³/mol. The Labute approximate surface area is 209 Å². The van der Waals surface area contributed by atoms with Crippen molar-refractivity contribution in [3.63, 3.8) is 0 Å². The first-order valence-corrected chi connectivity index (χ1v) is 12.5. The van der Waals surface area contributed by atoms with E-state index in [9.17, 15) is 25.2 Å². The van der Waals surface area contributed by atoms with Crippen molar-refractivity contribution in [3.8, 4) is 5.75 Å². The summed E-state index contributed by atoms with van der Waals surface area (Å²) in [6.07, 6.45) is 7.20. The number of ether oxygens (including phenoxy) is 1. The maximum absolute atomic E-state index is 10.4. The van der Waals surface area contributed by atoms with Gasteiger partial charge in [-0.1, -0.05) is 24.3 Å². The molecule has 11 heteroatoms. The van der Waals surface area contributed by atoms with Gasteiger partial charge in [-0.2, -0.15) is 0 Å². The second-order valence-electron chi connectivity index (χ2n) is 8.78. The number of hydrogen-bond donors (Lipinski definition) is 7. The largest absolute Gasteiger partial charge is 0.550 e. The summed E-state index contributed by atoms with van der Waals surface area (Å²) in [7, 11) is 0. The number of rotatable bonds is 14. The Balaban J connectivity index is 0.000000658.